The highest BCUT2D eigenvalue weighted by Crippen LogP contribution is 2.45. The summed E-state index contributed by atoms with van der Waals surface area (Å²) >= 11 is 5.99. The molecule has 1 aromatic heterocycles. The van der Waals surface area contributed by atoms with Gasteiger partial charge in [-0.1, -0.05) is 54.1 Å². The topological polar surface area (TPSA) is 62.5 Å². The lowest BCUT2D eigenvalue weighted by atomic mass is 10.00. The smallest absolute Gasteiger partial charge is 0.431 e. The number of carboxylic acids is 1. The highest BCUT2D eigenvalue weighted by molar-refractivity contribution is 6.30. The minimum Gasteiger partial charge on any atom is -0.479 e. The van der Waals surface area contributed by atoms with E-state index in [4.69, 9.17) is 11.6 Å². The van der Waals surface area contributed by atoms with Crippen LogP contribution in [0, 0.1) is 6.92 Å². The number of amides is 1. The predicted octanol–water partition coefficient (Wildman–Crippen LogP) is 5.87. The second-order valence-electron chi connectivity index (χ2n) is 8.47. The second kappa shape index (κ2) is 8.51. The number of nitrogens with zero attached hydrogens (tertiary/aromatic N) is 2. The van der Waals surface area contributed by atoms with Crippen LogP contribution in [0.1, 0.15) is 40.2 Å². The Kier molecular flexibility index (Phi) is 5.97. The Morgan fingerprint density at radius 1 is 1.09 bits per heavy atom. The van der Waals surface area contributed by atoms with E-state index in [0.717, 1.165) is 9.47 Å². The first-order valence-electron chi connectivity index (χ1n) is 10.6. The Bertz CT molecular complexity index is 1250. The van der Waals surface area contributed by atoms with Gasteiger partial charge in [0.25, 0.3) is 5.91 Å². The number of hydrogen-bond acceptors (Lipinski definition) is 2. The number of carbonyl (C=O) groups excluding carboxylic acids is 1. The number of aromatic nitrogens is 1. The molecule has 0 aliphatic heterocycles. The van der Waals surface area contributed by atoms with E-state index in [1.54, 1.807) is 42.5 Å². The van der Waals surface area contributed by atoms with Crippen molar-refractivity contribution >= 4 is 23.5 Å². The Balaban J connectivity index is 2.00. The van der Waals surface area contributed by atoms with E-state index >= 15 is 0 Å². The molecule has 1 fully saturated rings. The van der Waals surface area contributed by atoms with Gasteiger partial charge in [-0.2, -0.15) is 13.2 Å². The normalized spacial score (nSPS) is 14.6. The van der Waals surface area contributed by atoms with Crippen LogP contribution in [0.2, 0.25) is 5.02 Å². The van der Waals surface area contributed by atoms with Gasteiger partial charge in [0.1, 0.15) is 16.9 Å². The van der Waals surface area contributed by atoms with Crippen LogP contribution in [0.3, 0.4) is 0 Å². The number of aliphatic carboxylic acids is 1. The quantitative estimate of drug-likeness (QED) is 0.470. The second-order valence-corrected chi connectivity index (χ2v) is 8.91. The lowest BCUT2D eigenvalue weighted by Gasteiger charge is -2.26. The maximum atomic E-state index is 14.4. The molecule has 4 rings (SSSR count). The number of carboxylic acid groups (broad SMARTS) is 1. The van der Waals surface area contributed by atoms with E-state index in [-0.39, 0.29) is 36.2 Å². The Labute approximate surface area is 199 Å². The summed E-state index contributed by atoms with van der Waals surface area (Å²) in [7, 11) is 1.33. The Morgan fingerprint density at radius 2 is 1.68 bits per heavy atom. The molecule has 34 heavy (non-hydrogen) atoms. The maximum Gasteiger partial charge on any atom is 0.431 e. The highest BCUT2D eigenvalue weighted by Gasteiger charge is 2.56. The van der Waals surface area contributed by atoms with Crippen molar-refractivity contribution in [2.24, 2.45) is 0 Å². The molecule has 0 unspecified atom stereocenters. The fraction of sp³-hybridized carbons (Fsp3) is 0.280. The molecular formula is C25H22ClF3N2O3. The number of rotatable bonds is 6. The zero-order valence-corrected chi connectivity index (χ0v) is 19.2. The maximum absolute atomic E-state index is 14.4. The molecule has 0 radical (unpaired) electrons. The summed E-state index contributed by atoms with van der Waals surface area (Å²) in [5.41, 5.74) is -1.61. The average Bonchev–Trinajstić information content (AvgIpc) is 3.54. The van der Waals surface area contributed by atoms with Gasteiger partial charge in [-0.25, -0.2) is 4.79 Å². The van der Waals surface area contributed by atoms with Crippen LogP contribution in [0.5, 0.6) is 0 Å². The average molecular weight is 491 g/mol. The van der Waals surface area contributed by atoms with E-state index in [1.165, 1.54) is 26.1 Å². The molecule has 1 aliphatic carbocycles. The minimum atomic E-state index is -4.75. The van der Waals surface area contributed by atoms with Crippen molar-refractivity contribution in [3.05, 3.63) is 82.1 Å². The van der Waals surface area contributed by atoms with E-state index in [1.807, 2.05) is 0 Å². The lowest BCUT2D eigenvalue weighted by Crippen LogP contribution is -2.45. The monoisotopic (exact) mass is 490 g/mol. The predicted molar refractivity (Wildman–Crippen MR) is 122 cm³/mol. The first-order chi connectivity index (χ1) is 16.0. The molecular weight excluding hydrogens is 469 g/mol. The van der Waals surface area contributed by atoms with E-state index in [0.29, 0.717) is 16.1 Å². The standard InChI is InChI=1S/C25H22ClF3N2O3/c1-15-19(17-8-10-18(26)11-9-17)20(22(32)30(2)24(12-13-24)23(33)34)31(21(15)25(27,28)29)14-16-6-4-3-5-7-16/h3-11H,12-14H2,1-2H3,(H,33,34). The molecule has 1 heterocycles. The van der Waals surface area contributed by atoms with Crippen molar-refractivity contribution in [3.8, 4) is 11.1 Å². The summed E-state index contributed by atoms with van der Waals surface area (Å²) in [6.45, 7) is 1.12. The van der Waals surface area contributed by atoms with Crippen LogP contribution in [-0.4, -0.2) is 39.0 Å². The largest absolute Gasteiger partial charge is 0.479 e. The third-order valence-electron chi connectivity index (χ3n) is 6.36. The molecule has 1 saturated carbocycles. The molecule has 1 amide bonds. The van der Waals surface area contributed by atoms with Gasteiger partial charge in [-0.3, -0.25) is 4.79 Å². The van der Waals surface area contributed by atoms with Gasteiger partial charge in [0.2, 0.25) is 0 Å². The lowest BCUT2D eigenvalue weighted by molar-refractivity contribution is -0.145. The highest BCUT2D eigenvalue weighted by atomic mass is 35.5. The summed E-state index contributed by atoms with van der Waals surface area (Å²) in [5.74, 6) is -1.95. The van der Waals surface area contributed by atoms with Gasteiger partial charge in [0, 0.05) is 24.2 Å². The van der Waals surface area contributed by atoms with E-state index in [9.17, 15) is 27.9 Å². The molecule has 0 saturated heterocycles. The Morgan fingerprint density at radius 3 is 2.18 bits per heavy atom. The van der Waals surface area contributed by atoms with Crippen LogP contribution in [0.15, 0.2) is 54.6 Å². The van der Waals surface area contributed by atoms with Crippen molar-refractivity contribution in [2.45, 2.75) is 38.0 Å². The van der Waals surface area contributed by atoms with E-state index in [2.05, 4.69) is 0 Å². The molecule has 3 aromatic rings. The molecule has 0 bridgehead atoms. The fourth-order valence-corrected chi connectivity index (χ4v) is 4.52. The molecule has 1 aliphatic rings. The third kappa shape index (κ3) is 4.07. The number of halogens is 4. The first-order valence-corrected chi connectivity index (χ1v) is 11.0. The van der Waals surface area contributed by atoms with Crippen LogP contribution in [0.25, 0.3) is 11.1 Å². The van der Waals surface area contributed by atoms with Gasteiger partial charge in [0.15, 0.2) is 0 Å². The van der Waals surface area contributed by atoms with Gasteiger partial charge in [-0.15, -0.1) is 0 Å². The van der Waals surface area contributed by atoms with Crippen molar-refractivity contribution in [2.75, 3.05) is 7.05 Å². The van der Waals surface area contributed by atoms with Crippen LogP contribution >= 0.6 is 11.6 Å². The van der Waals surface area contributed by atoms with Gasteiger partial charge in [0.05, 0.1) is 0 Å². The van der Waals surface area contributed by atoms with Gasteiger partial charge >= 0.3 is 12.1 Å². The van der Waals surface area contributed by atoms with Crippen molar-refractivity contribution in [1.82, 2.24) is 9.47 Å². The summed E-state index contributed by atoms with van der Waals surface area (Å²) in [6.07, 6.45) is -4.27. The van der Waals surface area contributed by atoms with Crippen LogP contribution < -0.4 is 0 Å². The Hall–Kier alpha value is -3.26. The van der Waals surface area contributed by atoms with Crippen molar-refractivity contribution < 1.29 is 27.9 Å². The molecule has 2 aromatic carbocycles. The van der Waals surface area contributed by atoms with Gasteiger partial charge in [-0.05, 0) is 48.6 Å². The third-order valence-corrected chi connectivity index (χ3v) is 6.61. The first kappa shape index (κ1) is 23.9. The van der Waals surface area contributed by atoms with Crippen LogP contribution in [-0.2, 0) is 17.5 Å². The summed E-state index contributed by atoms with van der Waals surface area (Å²) in [5, 5.41) is 10.1. The van der Waals surface area contributed by atoms with E-state index < -0.39 is 29.3 Å². The zero-order chi connectivity index (χ0) is 24.8. The molecule has 0 atom stereocenters. The molecule has 1 N–H and O–H groups in total. The fourth-order valence-electron chi connectivity index (χ4n) is 4.39. The number of benzene rings is 2. The molecule has 178 valence electrons. The van der Waals surface area contributed by atoms with Crippen LogP contribution in [0.4, 0.5) is 13.2 Å². The molecule has 5 nitrogen and oxygen atoms in total. The summed E-state index contributed by atoms with van der Waals surface area (Å²) in [6, 6.07) is 14.7. The molecule has 9 heteroatoms. The number of carbonyl (C=O) groups is 2. The SMILES string of the molecule is Cc1c(-c2ccc(Cl)cc2)c(C(=O)N(C)C2(C(=O)O)CC2)n(Cc2ccccc2)c1C(F)(F)F. The minimum absolute atomic E-state index is 0.109. The van der Waals surface area contributed by atoms with Crippen molar-refractivity contribution in [1.29, 1.82) is 0 Å². The van der Waals surface area contributed by atoms with Crippen molar-refractivity contribution in [3.63, 3.8) is 0 Å². The summed E-state index contributed by atoms with van der Waals surface area (Å²) < 4.78 is 44.1. The number of alkyl halides is 3. The molecule has 0 spiro atoms. The summed E-state index contributed by atoms with van der Waals surface area (Å²) in [4.78, 5) is 26.7. The number of hydrogen-bond donors (Lipinski definition) is 1. The zero-order valence-electron chi connectivity index (χ0n) is 18.5. The van der Waals surface area contributed by atoms with Gasteiger partial charge < -0.3 is 14.6 Å². The number of likely N-dealkylation sites (N-methyl/N-ethyl adjacent to an activating group) is 1.